The number of carbonyl (C=O) groups is 1. The van der Waals surface area contributed by atoms with Crippen LogP contribution in [0.2, 0.25) is 0 Å². The lowest BCUT2D eigenvalue weighted by atomic mass is 9.84. The molecule has 0 aromatic carbocycles. The van der Waals surface area contributed by atoms with Gasteiger partial charge in [0.25, 0.3) is 0 Å². The fraction of sp³-hybridized carbons (Fsp3) is 0.750. The van der Waals surface area contributed by atoms with Crippen LogP contribution in [0.3, 0.4) is 0 Å². The smallest absolute Gasteiger partial charge is 0.407 e. The summed E-state index contributed by atoms with van der Waals surface area (Å²) in [5.74, 6) is 0.115. The Bertz CT molecular complexity index is 866. The molecule has 1 amide bonds. The van der Waals surface area contributed by atoms with Crippen LogP contribution in [-0.4, -0.2) is 76.3 Å². The number of hydrogen-bond acceptors (Lipinski definition) is 7. The fourth-order valence-corrected chi connectivity index (χ4v) is 5.62. The van der Waals surface area contributed by atoms with Gasteiger partial charge < -0.3 is 25.0 Å². The van der Waals surface area contributed by atoms with Crippen molar-refractivity contribution in [2.75, 3.05) is 33.3 Å². The number of rotatable bonds is 8. The Morgan fingerprint density at radius 1 is 1.33 bits per heavy atom. The van der Waals surface area contributed by atoms with E-state index in [2.05, 4.69) is 23.3 Å². The monoisotopic (exact) mass is 456 g/mol. The van der Waals surface area contributed by atoms with Gasteiger partial charge in [0, 0.05) is 37.6 Å². The lowest BCUT2D eigenvalue weighted by molar-refractivity contribution is 0.101. The lowest BCUT2D eigenvalue weighted by Crippen LogP contribution is -2.45. The molecule has 180 valence electrons. The molecule has 1 saturated heterocycles. The molecule has 2 fully saturated rings. The molecule has 1 saturated carbocycles. The molecule has 1 aromatic rings. The Morgan fingerprint density at radius 3 is 2.91 bits per heavy atom. The molecule has 1 aliphatic carbocycles. The van der Waals surface area contributed by atoms with E-state index in [1.165, 1.54) is 36.1 Å². The second-order valence-corrected chi connectivity index (χ2v) is 9.58. The summed E-state index contributed by atoms with van der Waals surface area (Å²) in [7, 11) is 2.20. The highest BCUT2D eigenvalue weighted by Crippen LogP contribution is 2.36. The van der Waals surface area contributed by atoms with Crippen molar-refractivity contribution < 1.29 is 14.6 Å². The molecule has 4 rings (SSSR count). The summed E-state index contributed by atoms with van der Waals surface area (Å²) in [6.45, 7) is 3.59. The van der Waals surface area contributed by atoms with Crippen LogP contribution in [0.5, 0.6) is 6.01 Å². The number of likely N-dealkylation sites (tertiary alicyclic amines) is 1. The second kappa shape index (κ2) is 11.1. The maximum absolute atomic E-state index is 11.6. The van der Waals surface area contributed by atoms with Crippen LogP contribution in [-0.2, 0) is 13.0 Å². The zero-order valence-corrected chi connectivity index (χ0v) is 19.6. The Kier molecular flexibility index (Phi) is 7.99. The van der Waals surface area contributed by atoms with Gasteiger partial charge in [-0.3, -0.25) is 0 Å². The van der Waals surface area contributed by atoms with Gasteiger partial charge in [-0.05, 0) is 57.7 Å². The van der Waals surface area contributed by atoms with Gasteiger partial charge in [0.1, 0.15) is 0 Å². The van der Waals surface area contributed by atoms with Crippen molar-refractivity contribution in [1.82, 2.24) is 25.1 Å². The molecule has 3 heterocycles. The second-order valence-electron chi connectivity index (χ2n) is 9.58. The minimum Gasteiger partial charge on any atom is -0.465 e. The lowest BCUT2D eigenvalue weighted by Gasteiger charge is -2.37. The zero-order valence-electron chi connectivity index (χ0n) is 19.6. The molecular formula is C24H36N6O3. The summed E-state index contributed by atoms with van der Waals surface area (Å²) in [5.41, 5.74) is 3.15. The summed E-state index contributed by atoms with van der Waals surface area (Å²) >= 11 is 0. The first-order valence-electron chi connectivity index (χ1n) is 12.4. The van der Waals surface area contributed by atoms with E-state index in [1.807, 2.05) is 0 Å². The van der Waals surface area contributed by atoms with E-state index >= 15 is 0 Å². The van der Waals surface area contributed by atoms with Crippen LogP contribution in [0.4, 0.5) is 4.79 Å². The summed E-state index contributed by atoms with van der Waals surface area (Å²) in [6.07, 6.45) is 7.65. The van der Waals surface area contributed by atoms with Crippen LogP contribution in [0, 0.1) is 11.3 Å². The molecule has 9 nitrogen and oxygen atoms in total. The number of nitriles is 1. The zero-order chi connectivity index (χ0) is 23.2. The first kappa shape index (κ1) is 23.7. The van der Waals surface area contributed by atoms with Crippen molar-refractivity contribution in [2.45, 2.75) is 82.3 Å². The van der Waals surface area contributed by atoms with Gasteiger partial charge in [-0.2, -0.15) is 15.2 Å². The van der Waals surface area contributed by atoms with Crippen molar-refractivity contribution in [1.29, 1.82) is 5.26 Å². The topological polar surface area (TPSA) is 115 Å². The number of nitrogens with one attached hydrogen (secondary N) is 1. The third kappa shape index (κ3) is 5.74. The van der Waals surface area contributed by atoms with E-state index in [0.717, 1.165) is 37.3 Å². The van der Waals surface area contributed by atoms with E-state index < -0.39 is 6.09 Å². The molecule has 3 aliphatic rings. The number of fused-ring (bicyclic) bond motifs is 1. The van der Waals surface area contributed by atoms with Crippen molar-refractivity contribution in [2.24, 2.45) is 0 Å². The van der Waals surface area contributed by atoms with Crippen LogP contribution in [0.15, 0.2) is 0 Å². The first-order valence-corrected chi connectivity index (χ1v) is 12.4. The Hall–Kier alpha value is -2.44. The molecule has 2 aliphatic heterocycles. The van der Waals surface area contributed by atoms with E-state index in [0.29, 0.717) is 44.6 Å². The van der Waals surface area contributed by atoms with E-state index in [9.17, 15) is 15.2 Å². The maximum atomic E-state index is 11.6. The van der Waals surface area contributed by atoms with Crippen LogP contribution >= 0.6 is 0 Å². The number of carboxylic acid groups (broad SMARTS) is 1. The van der Waals surface area contributed by atoms with Crippen molar-refractivity contribution in [3.05, 3.63) is 17.0 Å². The summed E-state index contributed by atoms with van der Waals surface area (Å²) in [6, 6.07) is 2.99. The minimum absolute atomic E-state index is 0.115. The third-order valence-electron chi connectivity index (χ3n) is 7.46. The molecule has 1 aromatic heterocycles. The molecule has 2 N–H and O–H groups in total. The number of hydrogen-bond donors (Lipinski definition) is 2. The van der Waals surface area contributed by atoms with Gasteiger partial charge in [-0.25, -0.2) is 4.79 Å². The summed E-state index contributed by atoms with van der Waals surface area (Å²) in [4.78, 5) is 25.0. The van der Waals surface area contributed by atoms with Crippen LogP contribution in [0.25, 0.3) is 0 Å². The Balaban J connectivity index is 1.43. The average Bonchev–Trinajstić information content (AvgIpc) is 3.36. The number of nitrogens with zero attached hydrogens (tertiary/aromatic N) is 5. The SMILES string of the molecule is CN(CCCOc1nc2c(c(C3CCN(C(=O)O)[C@@H](CC#N)C3)n1)CCNC2)C1CCCC1. The van der Waals surface area contributed by atoms with Crippen LogP contribution in [0.1, 0.15) is 74.2 Å². The standard InChI is InChI=1S/C24H36N6O3/c1-29(18-5-2-3-6-18)12-4-14-33-23-27-21-16-26-11-8-20(21)22(28-23)17-9-13-30(24(31)32)19(15-17)7-10-25/h17-19,26H,2-9,11-16H2,1H3,(H,31,32)/t17?,19-/m0/s1. The predicted molar refractivity (Wildman–Crippen MR) is 123 cm³/mol. The van der Waals surface area contributed by atoms with Crippen molar-refractivity contribution >= 4 is 6.09 Å². The van der Waals surface area contributed by atoms with Crippen molar-refractivity contribution in [3.63, 3.8) is 0 Å². The number of ether oxygens (including phenoxy) is 1. The number of aromatic nitrogens is 2. The molecule has 0 radical (unpaired) electrons. The molecule has 1 unspecified atom stereocenters. The highest BCUT2D eigenvalue weighted by Gasteiger charge is 2.35. The maximum Gasteiger partial charge on any atom is 0.407 e. The van der Waals surface area contributed by atoms with Gasteiger partial charge in [0.2, 0.25) is 0 Å². The molecule has 0 spiro atoms. The molecule has 0 bridgehead atoms. The Morgan fingerprint density at radius 2 is 2.15 bits per heavy atom. The molecule has 2 atom stereocenters. The Labute approximate surface area is 196 Å². The van der Waals surface area contributed by atoms with Gasteiger partial charge >= 0.3 is 12.1 Å². The summed E-state index contributed by atoms with van der Waals surface area (Å²) < 4.78 is 6.02. The molecule has 9 heteroatoms. The van der Waals surface area contributed by atoms with Crippen molar-refractivity contribution in [3.8, 4) is 12.1 Å². The summed E-state index contributed by atoms with van der Waals surface area (Å²) in [5, 5.41) is 22.1. The predicted octanol–water partition coefficient (Wildman–Crippen LogP) is 2.91. The van der Waals surface area contributed by atoms with Crippen LogP contribution < -0.4 is 10.1 Å². The molecular weight excluding hydrogens is 420 g/mol. The highest BCUT2D eigenvalue weighted by atomic mass is 16.5. The highest BCUT2D eigenvalue weighted by molar-refractivity contribution is 5.65. The normalized spacial score (nSPS) is 23.4. The first-order chi connectivity index (χ1) is 16.1. The quantitative estimate of drug-likeness (QED) is 0.574. The number of amides is 1. The van der Waals surface area contributed by atoms with E-state index in [1.54, 1.807) is 0 Å². The largest absolute Gasteiger partial charge is 0.465 e. The average molecular weight is 457 g/mol. The van der Waals surface area contributed by atoms with Gasteiger partial charge in [-0.1, -0.05) is 12.8 Å². The third-order valence-corrected chi connectivity index (χ3v) is 7.46. The fourth-order valence-electron chi connectivity index (χ4n) is 5.62. The van der Waals surface area contributed by atoms with Gasteiger partial charge in [0.15, 0.2) is 0 Å². The van der Waals surface area contributed by atoms with Gasteiger partial charge in [0.05, 0.1) is 30.5 Å². The van der Waals surface area contributed by atoms with E-state index in [-0.39, 0.29) is 18.4 Å². The minimum atomic E-state index is -0.950. The molecule has 33 heavy (non-hydrogen) atoms. The van der Waals surface area contributed by atoms with Gasteiger partial charge in [-0.15, -0.1) is 0 Å². The van der Waals surface area contributed by atoms with E-state index in [4.69, 9.17) is 14.7 Å². The number of piperidine rings is 1.